The van der Waals surface area contributed by atoms with Crippen molar-refractivity contribution in [1.82, 2.24) is 9.80 Å². The molecule has 0 aliphatic carbocycles. The highest BCUT2D eigenvalue weighted by atomic mass is 19.4. The molecule has 2 amide bonds. The van der Waals surface area contributed by atoms with Gasteiger partial charge in [-0.3, -0.25) is 0 Å². The predicted molar refractivity (Wildman–Crippen MR) is 77.9 cm³/mol. The lowest BCUT2D eigenvalue weighted by atomic mass is 10.1. The molecule has 0 radical (unpaired) electrons. The zero-order valence-electron chi connectivity index (χ0n) is 12.9. The number of nitriles is 1. The second kappa shape index (κ2) is 6.31. The normalized spacial score (nSPS) is 22.5. The van der Waals surface area contributed by atoms with Crippen LogP contribution in [0.5, 0.6) is 5.75 Å². The van der Waals surface area contributed by atoms with Gasteiger partial charge in [-0.25, -0.2) is 9.18 Å². The van der Waals surface area contributed by atoms with Gasteiger partial charge < -0.3 is 19.9 Å². The monoisotopic (exact) mass is 358 g/mol. The third kappa shape index (κ3) is 3.70. The Morgan fingerprint density at radius 1 is 1.36 bits per heavy atom. The van der Waals surface area contributed by atoms with Crippen LogP contribution in [0.25, 0.3) is 0 Å². The fourth-order valence-corrected chi connectivity index (χ4v) is 3.28. The van der Waals surface area contributed by atoms with Crippen molar-refractivity contribution in [2.75, 3.05) is 25.0 Å². The Bertz CT molecular complexity index is 718. The van der Waals surface area contributed by atoms with Crippen molar-refractivity contribution in [1.29, 1.82) is 5.26 Å². The minimum absolute atomic E-state index is 0.129. The molecule has 2 aliphatic rings. The number of alkyl halides is 3. The van der Waals surface area contributed by atoms with Crippen LogP contribution in [-0.4, -0.2) is 47.9 Å². The number of halogens is 4. The molecule has 1 aromatic carbocycles. The molecule has 2 fully saturated rings. The van der Waals surface area contributed by atoms with Gasteiger partial charge in [0, 0.05) is 31.6 Å². The number of carbonyl (C=O) groups is 1. The second-order valence-corrected chi connectivity index (χ2v) is 5.93. The first-order valence-electron chi connectivity index (χ1n) is 7.54. The number of likely N-dealkylation sites (tertiary alicyclic amines) is 2. The largest absolute Gasteiger partial charge is 0.573 e. The van der Waals surface area contributed by atoms with E-state index in [0.717, 1.165) is 18.6 Å². The molecule has 0 aromatic heterocycles. The maximum atomic E-state index is 13.9. The molecule has 1 aromatic rings. The van der Waals surface area contributed by atoms with E-state index in [4.69, 9.17) is 5.26 Å². The minimum atomic E-state index is -4.92. The molecule has 0 unspecified atom stereocenters. The molecule has 0 saturated carbocycles. The number of nitrogens with zero attached hydrogens (tertiary/aromatic N) is 3. The highest BCUT2D eigenvalue weighted by Gasteiger charge is 2.43. The summed E-state index contributed by atoms with van der Waals surface area (Å²) in [5.74, 6) is -1.54. The minimum Gasteiger partial charge on any atom is -0.406 e. The average molecular weight is 358 g/mol. The van der Waals surface area contributed by atoms with Gasteiger partial charge >= 0.3 is 12.4 Å². The average Bonchev–Trinajstić information content (AvgIpc) is 3.07. The van der Waals surface area contributed by atoms with Gasteiger partial charge in [-0.1, -0.05) is 0 Å². The number of nitrogens with one attached hydrogen (secondary N) is 1. The van der Waals surface area contributed by atoms with E-state index in [1.807, 2.05) is 6.19 Å². The van der Waals surface area contributed by atoms with Gasteiger partial charge in [0.1, 0.15) is 11.6 Å². The number of hydrogen-bond donors (Lipinski definition) is 1. The van der Waals surface area contributed by atoms with Gasteiger partial charge in [0.15, 0.2) is 6.19 Å². The van der Waals surface area contributed by atoms with Crippen LogP contribution < -0.4 is 10.1 Å². The van der Waals surface area contributed by atoms with Crippen LogP contribution in [0.2, 0.25) is 0 Å². The summed E-state index contributed by atoms with van der Waals surface area (Å²) in [7, 11) is 0. The van der Waals surface area contributed by atoms with Crippen molar-refractivity contribution in [2.45, 2.75) is 18.8 Å². The summed E-state index contributed by atoms with van der Waals surface area (Å²) < 4.78 is 53.9. The summed E-state index contributed by atoms with van der Waals surface area (Å²) in [4.78, 5) is 15.5. The quantitative estimate of drug-likeness (QED) is 0.652. The van der Waals surface area contributed by atoms with Crippen LogP contribution in [0.15, 0.2) is 18.2 Å². The summed E-state index contributed by atoms with van der Waals surface area (Å²) >= 11 is 0. The lowest BCUT2D eigenvalue weighted by Crippen LogP contribution is -2.41. The van der Waals surface area contributed by atoms with Crippen molar-refractivity contribution in [3.05, 3.63) is 24.0 Å². The molecule has 1 N–H and O–H groups in total. The van der Waals surface area contributed by atoms with Crippen molar-refractivity contribution >= 4 is 11.7 Å². The van der Waals surface area contributed by atoms with Crippen LogP contribution >= 0.6 is 0 Å². The number of anilines is 1. The Labute approximate surface area is 140 Å². The van der Waals surface area contributed by atoms with Crippen molar-refractivity contribution in [2.24, 2.45) is 5.92 Å². The molecule has 25 heavy (non-hydrogen) atoms. The molecule has 0 bridgehead atoms. The highest BCUT2D eigenvalue weighted by Crippen LogP contribution is 2.32. The number of urea groups is 1. The summed E-state index contributed by atoms with van der Waals surface area (Å²) in [6, 6.07) is 1.82. The molecule has 3 rings (SSSR count). The molecule has 2 aliphatic heterocycles. The van der Waals surface area contributed by atoms with Gasteiger partial charge in [-0.15, -0.1) is 13.2 Å². The van der Waals surface area contributed by atoms with Crippen molar-refractivity contribution < 1.29 is 27.1 Å². The standard InChI is InChI=1S/C15H14F4N4O2/c16-11-5-10(25-15(17,18)19)1-2-12(11)21-14(24)23-4-3-9-6-22(8-20)7-13(9)23/h1-2,5,9,13H,3-4,6-7H2,(H,21,24)/t9-,13+/m1/s1. The van der Waals surface area contributed by atoms with E-state index in [1.165, 1.54) is 4.90 Å². The Balaban J connectivity index is 1.66. The molecular weight excluding hydrogens is 344 g/mol. The van der Waals surface area contributed by atoms with Crippen LogP contribution in [0.1, 0.15) is 6.42 Å². The lowest BCUT2D eigenvalue weighted by Gasteiger charge is -2.24. The predicted octanol–water partition coefficient (Wildman–Crippen LogP) is 2.74. The lowest BCUT2D eigenvalue weighted by molar-refractivity contribution is -0.274. The maximum absolute atomic E-state index is 13.9. The Hall–Kier alpha value is -2.70. The first-order valence-corrected chi connectivity index (χ1v) is 7.54. The Morgan fingerprint density at radius 2 is 2.12 bits per heavy atom. The molecule has 6 nitrogen and oxygen atoms in total. The van der Waals surface area contributed by atoms with E-state index in [2.05, 4.69) is 10.1 Å². The maximum Gasteiger partial charge on any atom is 0.573 e. The molecule has 10 heteroatoms. The molecule has 2 heterocycles. The van der Waals surface area contributed by atoms with E-state index in [9.17, 15) is 22.4 Å². The van der Waals surface area contributed by atoms with Crippen LogP contribution in [0.4, 0.5) is 28.0 Å². The summed E-state index contributed by atoms with van der Waals surface area (Å²) in [6.45, 7) is 1.50. The van der Waals surface area contributed by atoms with Crippen LogP contribution in [-0.2, 0) is 0 Å². The zero-order chi connectivity index (χ0) is 18.2. The molecule has 2 atom stereocenters. The highest BCUT2D eigenvalue weighted by molar-refractivity contribution is 5.90. The number of benzene rings is 1. The number of rotatable bonds is 2. The first kappa shape index (κ1) is 17.1. The van der Waals surface area contributed by atoms with Gasteiger partial charge in [-0.2, -0.15) is 5.26 Å². The fraction of sp³-hybridized carbons (Fsp3) is 0.467. The summed E-state index contributed by atoms with van der Waals surface area (Å²) in [6.07, 6.45) is -2.13. The zero-order valence-corrected chi connectivity index (χ0v) is 12.9. The van der Waals surface area contributed by atoms with Crippen LogP contribution in [0, 0.1) is 23.2 Å². The van der Waals surface area contributed by atoms with E-state index in [1.54, 1.807) is 4.90 Å². The number of ether oxygens (including phenoxy) is 1. The van der Waals surface area contributed by atoms with E-state index >= 15 is 0 Å². The van der Waals surface area contributed by atoms with Crippen molar-refractivity contribution in [3.63, 3.8) is 0 Å². The number of amides is 2. The van der Waals surface area contributed by atoms with Crippen molar-refractivity contribution in [3.8, 4) is 11.9 Å². The topological polar surface area (TPSA) is 68.6 Å². The van der Waals surface area contributed by atoms with Gasteiger partial charge in [0.25, 0.3) is 0 Å². The van der Waals surface area contributed by atoms with Gasteiger partial charge in [0.2, 0.25) is 0 Å². The van der Waals surface area contributed by atoms with E-state index in [-0.39, 0.29) is 17.6 Å². The molecular formula is C15H14F4N4O2. The third-order valence-electron chi connectivity index (χ3n) is 4.37. The fourth-order valence-electron chi connectivity index (χ4n) is 3.28. The Kier molecular flexibility index (Phi) is 4.32. The first-order chi connectivity index (χ1) is 11.8. The van der Waals surface area contributed by atoms with E-state index < -0.39 is 24.0 Å². The molecule has 2 saturated heterocycles. The second-order valence-electron chi connectivity index (χ2n) is 5.93. The van der Waals surface area contributed by atoms with E-state index in [0.29, 0.717) is 25.7 Å². The number of carbonyl (C=O) groups excluding carboxylic acids is 1. The molecule has 0 spiro atoms. The van der Waals surface area contributed by atoms with Gasteiger partial charge in [-0.05, 0) is 18.6 Å². The number of hydrogen-bond acceptors (Lipinski definition) is 4. The smallest absolute Gasteiger partial charge is 0.406 e. The Morgan fingerprint density at radius 3 is 2.76 bits per heavy atom. The third-order valence-corrected chi connectivity index (χ3v) is 4.37. The SMILES string of the molecule is N#CN1C[C@H]2CCN(C(=O)Nc3ccc(OC(F)(F)F)cc3F)[C@H]2C1. The number of fused-ring (bicyclic) bond motifs is 1. The van der Waals surface area contributed by atoms with Gasteiger partial charge in [0.05, 0.1) is 11.7 Å². The summed E-state index contributed by atoms with van der Waals surface area (Å²) in [5.41, 5.74) is -0.238. The van der Waals surface area contributed by atoms with Crippen LogP contribution in [0.3, 0.4) is 0 Å². The molecule has 134 valence electrons. The summed E-state index contributed by atoms with van der Waals surface area (Å²) in [5, 5.41) is 11.3.